The largest absolute Gasteiger partial charge is 0.348 e. The molecule has 5 aromatic rings. The summed E-state index contributed by atoms with van der Waals surface area (Å²) in [5.41, 5.74) is 4.67. The summed E-state index contributed by atoms with van der Waals surface area (Å²) < 4.78 is 1.57. The van der Waals surface area contributed by atoms with E-state index in [1.165, 1.54) is 6.20 Å². The van der Waals surface area contributed by atoms with E-state index in [9.17, 15) is 4.79 Å². The van der Waals surface area contributed by atoms with Crippen LogP contribution in [-0.4, -0.2) is 35.6 Å². The molecule has 1 amide bonds. The first-order chi connectivity index (χ1) is 15.7. The quantitative estimate of drug-likeness (QED) is 0.466. The predicted octanol–water partition coefficient (Wildman–Crippen LogP) is 3.51. The monoisotopic (exact) mass is 421 g/mol. The van der Waals surface area contributed by atoms with E-state index in [1.807, 2.05) is 55.5 Å². The smallest absolute Gasteiger partial charge is 0.255 e. The average molecular weight is 421 g/mol. The Morgan fingerprint density at radius 3 is 2.78 bits per heavy atom. The zero-order valence-corrected chi connectivity index (χ0v) is 17.3. The number of rotatable bonds is 5. The Balaban J connectivity index is 1.35. The van der Waals surface area contributed by atoms with Crippen LogP contribution in [0.25, 0.3) is 28.1 Å². The van der Waals surface area contributed by atoms with Crippen LogP contribution in [0.1, 0.15) is 21.6 Å². The number of nitrogens with zero attached hydrogens (tertiary/aromatic N) is 6. The topological polar surface area (TPSA) is 98.5 Å². The van der Waals surface area contributed by atoms with E-state index >= 15 is 0 Å². The highest BCUT2D eigenvalue weighted by molar-refractivity contribution is 5.95. The van der Waals surface area contributed by atoms with E-state index in [0.29, 0.717) is 23.8 Å². The minimum atomic E-state index is -0.205. The van der Waals surface area contributed by atoms with Gasteiger partial charge in [0.1, 0.15) is 0 Å². The SMILES string of the molecule is Cc1c(C(=O)NCc2ccc3ncccc3c2)cnn1-c1nccc(-c2cccnc2)n1. The minimum absolute atomic E-state index is 0.205. The van der Waals surface area contributed by atoms with E-state index in [0.717, 1.165) is 27.7 Å². The molecule has 0 unspecified atom stereocenters. The van der Waals surface area contributed by atoms with Crippen molar-refractivity contribution in [1.29, 1.82) is 0 Å². The molecule has 5 rings (SSSR count). The van der Waals surface area contributed by atoms with E-state index in [1.54, 1.807) is 29.5 Å². The molecular weight excluding hydrogens is 402 g/mol. The minimum Gasteiger partial charge on any atom is -0.348 e. The lowest BCUT2D eigenvalue weighted by molar-refractivity contribution is 0.0950. The van der Waals surface area contributed by atoms with Crippen molar-refractivity contribution in [2.75, 3.05) is 0 Å². The van der Waals surface area contributed by atoms with Crippen LogP contribution >= 0.6 is 0 Å². The Hall–Kier alpha value is -4.46. The molecule has 8 nitrogen and oxygen atoms in total. The summed E-state index contributed by atoms with van der Waals surface area (Å²) in [6, 6.07) is 15.4. The van der Waals surface area contributed by atoms with Gasteiger partial charge in [0, 0.05) is 42.3 Å². The van der Waals surface area contributed by atoms with Gasteiger partial charge in [0.05, 0.1) is 28.7 Å². The van der Waals surface area contributed by atoms with E-state index in [4.69, 9.17) is 0 Å². The molecule has 0 aliphatic carbocycles. The number of fused-ring (bicyclic) bond motifs is 1. The van der Waals surface area contributed by atoms with E-state index in [2.05, 4.69) is 30.4 Å². The van der Waals surface area contributed by atoms with Crippen LogP contribution in [0.15, 0.2) is 79.5 Å². The van der Waals surface area contributed by atoms with Gasteiger partial charge in [-0.15, -0.1) is 0 Å². The Kier molecular flexibility index (Phi) is 5.09. The molecule has 4 aromatic heterocycles. The summed E-state index contributed by atoms with van der Waals surface area (Å²) in [7, 11) is 0. The van der Waals surface area contributed by atoms with Crippen LogP contribution in [-0.2, 0) is 6.54 Å². The number of benzene rings is 1. The van der Waals surface area contributed by atoms with Gasteiger partial charge in [-0.1, -0.05) is 12.1 Å². The van der Waals surface area contributed by atoms with Gasteiger partial charge in [-0.2, -0.15) is 5.10 Å². The van der Waals surface area contributed by atoms with Crippen molar-refractivity contribution in [2.24, 2.45) is 0 Å². The summed E-state index contributed by atoms with van der Waals surface area (Å²) in [5, 5.41) is 8.34. The van der Waals surface area contributed by atoms with Crippen LogP contribution in [0.2, 0.25) is 0 Å². The normalized spacial score (nSPS) is 10.9. The van der Waals surface area contributed by atoms with Crippen molar-refractivity contribution in [3.05, 3.63) is 96.3 Å². The second-order valence-electron chi connectivity index (χ2n) is 7.25. The van der Waals surface area contributed by atoms with Gasteiger partial charge in [-0.3, -0.25) is 14.8 Å². The maximum atomic E-state index is 12.8. The Morgan fingerprint density at radius 2 is 1.91 bits per heavy atom. The maximum absolute atomic E-state index is 12.8. The zero-order chi connectivity index (χ0) is 21.9. The first-order valence-electron chi connectivity index (χ1n) is 10.1. The van der Waals surface area contributed by atoms with Crippen molar-refractivity contribution in [3.8, 4) is 17.2 Å². The lowest BCUT2D eigenvalue weighted by Crippen LogP contribution is -2.23. The third kappa shape index (κ3) is 3.81. The van der Waals surface area contributed by atoms with Crippen LogP contribution in [0.3, 0.4) is 0 Å². The van der Waals surface area contributed by atoms with Gasteiger partial charge in [0.15, 0.2) is 0 Å². The second-order valence-corrected chi connectivity index (χ2v) is 7.25. The number of hydrogen-bond acceptors (Lipinski definition) is 6. The highest BCUT2D eigenvalue weighted by atomic mass is 16.1. The molecular formula is C24H19N7O. The lowest BCUT2D eigenvalue weighted by atomic mass is 10.1. The number of amides is 1. The third-order valence-electron chi connectivity index (χ3n) is 5.16. The summed E-state index contributed by atoms with van der Waals surface area (Å²) in [6.45, 7) is 2.23. The van der Waals surface area contributed by atoms with Gasteiger partial charge < -0.3 is 5.32 Å². The number of carbonyl (C=O) groups is 1. The van der Waals surface area contributed by atoms with E-state index < -0.39 is 0 Å². The zero-order valence-electron chi connectivity index (χ0n) is 17.3. The van der Waals surface area contributed by atoms with Gasteiger partial charge in [-0.25, -0.2) is 14.6 Å². The number of pyridine rings is 2. The molecule has 4 heterocycles. The van der Waals surface area contributed by atoms with Crippen molar-refractivity contribution in [1.82, 2.24) is 35.0 Å². The summed E-state index contributed by atoms with van der Waals surface area (Å²) in [4.78, 5) is 30.2. The first-order valence-corrected chi connectivity index (χ1v) is 10.1. The number of nitrogens with one attached hydrogen (secondary N) is 1. The predicted molar refractivity (Wildman–Crippen MR) is 120 cm³/mol. The van der Waals surface area contributed by atoms with Crippen LogP contribution in [0, 0.1) is 6.92 Å². The summed E-state index contributed by atoms with van der Waals surface area (Å²) >= 11 is 0. The van der Waals surface area contributed by atoms with Crippen LogP contribution < -0.4 is 5.32 Å². The van der Waals surface area contributed by atoms with Crippen LogP contribution in [0.5, 0.6) is 0 Å². The van der Waals surface area contributed by atoms with E-state index in [-0.39, 0.29) is 5.91 Å². The van der Waals surface area contributed by atoms with Crippen molar-refractivity contribution < 1.29 is 4.79 Å². The summed E-state index contributed by atoms with van der Waals surface area (Å²) in [6.07, 6.45) is 8.42. The van der Waals surface area contributed by atoms with Gasteiger partial charge in [0.25, 0.3) is 11.9 Å². The molecule has 0 aliphatic rings. The fourth-order valence-corrected chi connectivity index (χ4v) is 3.47. The molecule has 156 valence electrons. The van der Waals surface area contributed by atoms with Crippen molar-refractivity contribution in [2.45, 2.75) is 13.5 Å². The molecule has 0 atom stereocenters. The fourth-order valence-electron chi connectivity index (χ4n) is 3.47. The molecule has 0 fully saturated rings. The Morgan fingerprint density at radius 1 is 1.00 bits per heavy atom. The second kappa shape index (κ2) is 8.35. The first kappa shape index (κ1) is 19.5. The molecule has 1 aromatic carbocycles. The third-order valence-corrected chi connectivity index (χ3v) is 5.16. The highest BCUT2D eigenvalue weighted by Gasteiger charge is 2.17. The molecule has 0 saturated carbocycles. The molecule has 0 spiro atoms. The number of carbonyl (C=O) groups excluding carboxylic acids is 1. The van der Waals surface area contributed by atoms with Crippen molar-refractivity contribution in [3.63, 3.8) is 0 Å². The summed E-state index contributed by atoms with van der Waals surface area (Å²) in [5.74, 6) is 0.188. The lowest BCUT2D eigenvalue weighted by Gasteiger charge is -2.07. The van der Waals surface area contributed by atoms with Gasteiger partial charge >= 0.3 is 0 Å². The molecule has 32 heavy (non-hydrogen) atoms. The molecule has 1 N–H and O–H groups in total. The molecule has 0 aliphatic heterocycles. The molecule has 0 bridgehead atoms. The van der Waals surface area contributed by atoms with Gasteiger partial charge in [0.2, 0.25) is 0 Å². The Labute approximate surface area is 184 Å². The van der Waals surface area contributed by atoms with Crippen molar-refractivity contribution >= 4 is 16.8 Å². The molecule has 0 saturated heterocycles. The highest BCUT2D eigenvalue weighted by Crippen LogP contribution is 2.18. The maximum Gasteiger partial charge on any atom is 0.255 e. The fraction of sp³-hybridized carbons (Fsp3) is 0.0833. The molecule has 8 heteroatoms. The van der Waals surface area contributed by atoms with Crippen LogP contribution in [0.4, 0.5) is 0 Å². The number of hydrogen-bond donors (Lipinski definition) is 1. The average Bonchev–Trinajstić information content (AvgIpc) is 3.24. The Bertz CT molecular complexity index is 1410. The molecule has 0 radical (unpaired) electrons. The number of aromatic nitrogens is 6. The van der Waals surface area contributed by atoms with Gasteiger partial charge in [-0.05, 0) is 48.9 Å². The standard InChI is InChI=1S/C24H19N7O/c1-16-20(23(32)28-13-17-6-7-21-18(12-17)4-3-10-26-21)15-29-31(16)24-27-11-8-22(30-24)19-5-2-9-25-14-19/h2-12,14-15H,13H2,1H3,(H,28,32).